The normalized spacial score (nSPS) is 12.5. The van der Waals surface area contributed by atoms with Crippen LogP contribution in [-0.2, 0) is 20.9 Å². The molecule has 0 fully saturated rings. The van der Waals surface area contributed by atoms with E-state index >= 15 is 0 Å². The van der Waals surface area contributed by atoms with Crippen LogP contribution in [0.5, 0.6) is 0 Å². The molecule has 20 heavy (non-hydrogen) atoms. The van der Waals surface area contributed by atoms with E-state index in [1.54, 1.807) is 7.11 Å². The standard InChI is InChI=1S/C14H19NO4S/c1-10(19-2)3-5-13(16)15-9-12-11(7-8-20-12)4-6-14(17)18/h4,6-8,10H,3,5,9H2,1-2H3,(H,15,16)(H,17,18)/b6-4+. The first kappa shape index (κ1) is 16.4. The summed E-state index contributed by atoms with van der Waals surface area (Å²) in [6.45, 7) is 2.33. The van der Waals surface area contributed by atoms with Gasteiger partial charge in [-0.3, -0.25) is 4.79 Å². The van der Waals surface area contributed by atoms with Gasteiger partial charge in [-0.15, -0.1) is 11.3 Å². The fourth-order valence-electron chi connectivity index (χ4n) is 1.52. The van der Waals surface area contributed by atoms with Gasteiger partial charge in [-0.25, -0.2) is 4.79 Å². The summed E-state index contributed by atoms with van der Waals surface area (Å²) < 4.78 is 5.08. The number of rotatable bonds is 8. The van der Waals surface area contributed by atoms with E-state index in [2.05, 4.69) is 5.32 Å². The Kier molecular flexibility index (Phi) is 6.97. The lowest BCUT2D eigenvalue weighted by atomic mass is 10.2. The zero-order valence-corrected chi connectivity index (χ0v) is 12.4. The fraction of sp³-hybridized carbons (Fsp3) is 0.429. The average Bonchev–Trinajstić information content (AvgIpc) is 2.87. The molecule has 6 heteroatoms. The van der Waals surface area contributed by atoms with Gasteiger partial charge in [0.15, 0.2) is 0 Å². The van der Waals surface area contributed by atoms with Crippen molar-refractivity contribution in [2.45, 2.75) is 32.4 Å². The van der Waals surface area contributed by atoms with E-state index in [1.807, 2.05) is 18.4 Å². The third kappa shape index (κ3) is 5.99. The molecule has 0 aliphatic rings. The summed E-state index contributed by atoms with van der Waals surface area (Å²) in [4.78, 5) is 23.1. The number of carbonyl (C=O) groups excluding carboxylic acids is 1. The number of hydrogen-bond acceptors (Lipinski definition) is 4. The number of amides is 1. The van der Waals surface area contributed by atoms with Crippen LogP contribution in [0.4, 0.5) is 0 Å². The van der Waals surface area contributed by atoms with Crippen molar-refractivity contribution in [1.82, 2.24) is 5.32 Å². The molecule has 0 saturated carbocycles. The molecule has 5 nitrogen and oxygen atoms in total. The molecular formula is C14H19NO4S. The maximum absolute atomic E-state index is 11.7. The molecule has 0 spiro atoms. The van der Waals surface area contributed by atoms with Crippen LogP contribution < -0.4 is 5.32 Å². The summed E-state index contributed by atoms with van der Waals surface area (Å²) in [5.41, 5.74) is 0.822. The van der Waals surface area contributed by atoms with Crippen LogP contribution in [-0.4, -0.2) is 30.2 Å². The number of carboxylic acids is 1. The number of nitrogens with one attached hydrogen (secondary N) is 1. The topological polar surface area (TPSA) is 75.6 Å². The zero-order valence-electron chi connectivity index (χ0n) is 11.6. The number of carbonyl (C=O) groups is 2. The van der Waals surface area contributed by atoms with Gasteiger partial charge in [0, 0.05) is 24.5 Å². The summed E-state index contributed by atoms with van der Waals surface area (Å²) in [5.74, 6) is -1.02. The summed E-state index contributed by atoms with van der Waals surface area (Å²) in [6, 6.07) is 1.83. The molecule has 0 radical (unpaired) electrons. The van der Waals surface area contributed by atoms with Crippen molar-refractivity contribution >= 4 is 29.3 Å². The van der Waals surface area contributed by atoms with Crippen LogP contribution >= 0.6 is 11.3 Å². The predicted molar refractivity (Wildman–Crippen MR) is 78.5 cm³/mol. The molecule has 0 aliphatic carbocycles. The molecule has 0 saturated heterocycles. The summed E-state index contributed by atoms with van der Waals surface area (Å²) >= 11 is 1.49. The second-order valence-electron chi connectivity index (χ2n) is 4.33. The summed E-state index contributed by atoms with van der Waals surface area (Å²) in [7, 11) is 1.62. The van der Waals surface area contributed by atoms with Crippen LogP contribution in [0, 0.1) is 0 Å². The van der Waals surface area contributed by atoms with Crippen molar-refractivity contribution in [2.75, 3.05) is 7.11 Å². The van der Waals surface area contributed by atoms with Crippen molar-refractivity contribution in [3.8, 4) is 0 Å². The maximum atomic E-state index is 11.7. The van der Waals surface area contributed by atoms with E-state index < -0.39 is 5.97 Å². The van der Waals surface area contributed by atoms with Gasteiger partial charge in [-0.2, -0.15) is 0 Å². The average molecular weight is 297 g/mol. The van der Waals surface area contributed by atoms with Crippen LogP contribution in [0.2, 0.25) is 0 Å². The molecule has 1 atom stereocenters. The van der Waals surface area contributed by atoms with Crippen molar-refractivity contribution in [2.24, 2.45) is 0 Å². The van der Waals surface area contributed by atoms with Gasteiger partial charge in [-0.1, -0.05) is 0 Å². The lowest BCUT2D eigenvalue weighted by molar-refractivity contribution is -0.131. The second kappa shape index (κ2) is 8.50. The first-order valence-corrected chi connectivity index (χ1v) is 7.17. The highest BCUT2D eigenvalue weighted by molar-refractivity contribution is 7.10. The van der Waals surface area contributed by atoms with Crippen LogP contribution in [0.25, 0.3) is 6.08 Å². The molecule has 1 unspecified atom stereocenters. The molecule has 1 amide bonds. The molecular weight excluding hydrogens is 278 g/mol. The Balaban J connectivity index is 2.44. The maximum Gasteiger partial charge on any atom is 0.328 e. The predicted octanol–water partition coefficient (Wildman–Crippen LogP) is 2.28. The van der Waals surface area contributed by atoms with Gasteiger partial charge in [-0.05, 0) is 36.4 Å². The van der Waals surface area contributed by atoms with Crippen LogP contribution in [0.1, 0.15) is 30.2 Å². The molecule has 0 aliphatic heterocycles. The Labute approximate surface area is 122 Å². The number of thiophene rings is 1. The minimum Gasteiger partial charge on any atom is -0.478 e. The Morgan fingerprint density at radius 1 is 1.55 bits per heavy atom. The van der Waals surface area contributed by atoms with Crippen molar-refractivity contribution in [1.29, 1.82) is 0 Å². The van der Waals surface area contributed by atoms with Gasteiger partial charge in [0.1, 0.15) is 0 Å². The monoisotopic (exact) mass is 297 g/mol. The molecule has 2 N–H and O–H groups in total. The first-order chi connectivity index (χ1) is 9.52. The highest BCUT2D eigenvalue weighted by Crippen LogP contribution is 2.18. The van der Waals surface area contributed by atoms with Crippen LogP contribution in [0.3, 0.4) is 0 Å². The van der Waals surface area contributed by atoms with E-state index in [9.17, 15) is 9.59 Å². The Bertz CT molecular complexity index is 481. The number of methoxy groups -OCH3 is 1. The summed E-state index contributed by atoms with van der Waals surface area (Å²) in [5, 5.41) is 13.3. The Morgan fingerprint density at radius 2 is 2.30 bits per heavy atom. The van der Waals surface area contributed by atoms with E-state index in [4.69, 9.17) is 9.84 Å². The molecule has 110 valence electrons. The summed E-state index contributed by atoms with van der Waals surface area (Å²) in [6.07, 6.45) is 3.79. The smallest absolute Gasteiger partial charge is 0.328 e. The number of aliphatic carboxylic acids is 1. The van der Waals surface area contributed by atoms with E-state index in [-0.39, 0.29) is 12.0 Å². The van der Waals surface area contributed by atoms with Gasteiger partial charge in [0.25, 0.3) is 0 Å². The van der Waals surface area contributed by atoms with Crippen LogP contribution in [0.15, 0.2) is 17.5 Å². The van der Waals surface area contributed by atoms with E-state index in [1.165, 1.54) is 17.4 Å². The highest BCUT2D eigenvalue weighted by atomic mass is 32.1. The van der Waals surface area contributed by atoms with Crippen molar-refractivity contribution < 1.29 is 19.4 Å². The number of carboxylic acid groups (broad SMARTS) is 1. The molecule has 1 aromatic heterocycles. The first-order valence-electron chi connectivity index (χ1n) is 6.29. The molecule has 1 heterocycles. The number of ether oxygens (including phenoxy) is 1. The second-order valence-corrected chi connectivity index (χ2v) is 5.33. The van der Waals surface area contributed by atoms with Crippen molar-refractivity contribution in [3.63, 3.8) is 0 Å². The largest absolute Gasteiger partial charge is 0.478 e. The zero-order chi connectivity index (χ0) is 15.0. The molecule has 0 aromatic carbocycles. The van der Waals surface area contributed by atoms with Gasteiger partial charge >= 0.3 is 5.97 Å². The minimum atomic E-state index is -0.986. The number of hydrogen-bond donors (Lipinski definition) is 2. The van der Waals surface area contributed by atoms with Crippen molar-refractivity contribution in [3.05, 3.63) is 28.0 Å². The Morgan fingerprint density at radius 3 is 2.95 bits per heavy atom. The van der Waals surface area contributed by atoms with E-state index in [0.29, 0.717) is 19.4 Å². The van der Waals surface area contributed by atoms with E-state index in [0.717, 1.165) is 16.5 Å². The molecule has 1 rings (SSSR count). The Hall–Kier alpha value is -1.66. The highest BCUT2D eigenvalue weighted by Gasteiger charge is 2.07. The quantitative estimate of drug-likeness (QED) is 0.722. The third-order valence-electron chi connectivity index (χ3n) is 2.81. The fourth-order valence-corrected chi connectivity index (χ4v) is 2.33. The molecule has 0 bridgehead atoms. The van der Waals surface area contributed by atoms with Gasteiger partial charge in [0.05, 0.1) is 12.6 Å². The molecule has 1 aromatic rings. The lowest BCUT2D eigenvalue weighted by Gasteiger charge is -2.09. The minimum absolute atomic E-state index is 0.0320. The van der Waals surface area contributed by atoms with Gasteiger partial charge in [0.2, 0.25) is 5.91 Å². The lowest BCUT2D eigenvalue weighted by Crippen LogP contribution is -2.23. The van der Waals surface area contributed by atoms with Gasteiger partial charge < -0.3 is 15.2 Å². The third-order valence-corrected chi connectivity index (χ3v) is 3.75. The SMILES string of the molecule is COC(C)CCC(=O)NCc1sccc1/C=C/C(=O)O.